The summed E-state index contributed by atoms with van der Waals surface area (Å²) in [6, 6.07) is 4.34. The number of nitrogens with zero attached hydrogens (tertiary/aromatic N) is 1. The molecule has 0 aliphatic heterocycles. The third-order valence-corrected chi connectivity index (χ3v) is 3.08. The number of hydrogen-bond acceptors (Lipinski definition) is 1. The first-order valence-corrected chi connectivity index (χ1v) is 6.48. The summed E-state index contributed by atoms with van der Waals surface area (Å²) in [7, 11) is -0.0383. The average Bonchev–Trinajstić information content (AvgIpc) is 2.04. The van der Waals surface area contributed by atoms with E-state index in [2.05, 4.69) is 43.5 Å². The highest BCUT2D eigenvalue weighted by atomic mass is 32.2. The molecular formula is C10H17NS. The number of pyridine rings is 1. The van der Waals surface area contributed by atoms with Crippen molar-refractivity contribution < 1.29 is 0 Å². The maximum atomic E-state index is 4.43. The van der Waals surface area contributed by atoms with E-state index in [4.69, 9.17) is 0 Å². The molecule has 0 fully saturated rings. The molecule has 1 nitrogen and oxygen atoms in total. The fourth-order valence-corrected chi connectivity index (χ4v) is 1.66. The molecule has 0 N–H and O–H groups in total. The molecule has 0 saturated carbocycles. The predicted octanol–water partition coefficient (Wildman–Crippen LogP) is 2.82. The van der Waals surface area contributed by atoms with Crippen LogP contribution in [0.2, 0.25) is 0 Å². The van der Waals surface area contributed by atoms with Crippen LogP contribution in [-0.4, -0.2) is 17.5 Å². The fraction of sp³-hybridized carbons (Fsp3) is 0.500. The summed E-state index contributed by atoms with van der Waals surface area (Å²) in [6.45, 7) is 4.38. The molecular weight excluding hydrogens is 166 g/mol. The Morgan fingerprint density at radius 3 is 2.25 bits per heavy atom. The van der Waals surface area contributed by atoms with Gasteiger partial charge < -0.3 is 0 Å². The van der Waals surface area contributed by atoms with E-state index in [0.717, 1.165) is 0 Å². The van der Waals surface area contributed by atoms with E-state index < -0.39 is 0 Å². The second-order valence-corrected chi connectivity index (χ2v) is 5.75. The van der Waals surface area contributed by atoms with Gasteiger partial charge >= 0.3 is 0 Å². The molecule has 1 rings (SSSR count). The second-order valence-electron chi connectivity index (χ2n) is 3.50. The van der Waals surface area contributed by atoms with E-state index in [1.54, 1.807) is 0 Å². The lowest BCUT2D eigenvalue weighted by atomic mass is 10.1. The Labute approximate surface area is 77.6 Å². The maximum Gasteiger partial charge on any atom is 0.0759 e. The Hall–Kier alpha value is -0.500. The lowest BCUT2D eigenvalue weighted by molar-refractivity contribution is 0.850. The van der Waals surface area contributed by atoms with Gasteiger partial charge in [-0.3, -0.25) is 4.98 Å². The van der Waals surface area contributed by atoms with E-state index in [1.165, 1.54) is 10.6 Å². The van der Waals surface area contributed by atoms with Gasteiger partial charge in [0.2, 0.25) is 0 Å². The monoisotopic (exact) mass is 183 g/mol. The van der Waals surface area contributed by atoms with Crippen LogP contribution in [0, 0.1) is 0 Å². The highest BCUT2D eigenvalue weighted by molar-refractivity contribution is 8.15. The van der Waals surface area contributed by atoms with Gasteiger partial charge in [-0.15, -0.1) is 0 Å². The van der Waals surface area contributed by atoms with Gasteiger partial charge in [-0.1, -0.05) is 19.9 Å². The van der Waals surface area contributed by atoms with Gasteiger partial charge in [0.25, 0.3) is 0 Å². The summed E-state index contributed by atoms with van der Waals surface area (Å²) in [5.41, 5.74) is 1.33. The van der Waals surface area contributed by atoms with Crippen LogP contribution in [0.3, 0.4) is 0 Å². The molecule has 0 radical (unpaired) electrons. The minimum absolute atomic E-state index is 0.0383. The SMILES string of the molecule is CC(C)c1ccc([SH](C)C)nc1. The molecule has 12 heavy (non-hydrogen) atoms. The van der Waals surface area contributed by atoms with E-state index >= 15 is 0 Å². The van der Waals surface area contributed by atoms with Crippen molar-refractivity contribution in [2.75, 3.05) is 12.5 Å². The topological polar surface area (TPSA) is 12.9 Å². The second kappa shape index (κ2) is 3.94. The van der Waals surface area contributed by atoms with Crippen LogP contribution < -0.4 is 0 Å². The normalized spacial score (nSPS) is 11.9. The summed E-state index contributed by atoms with van der Waals surface area (Å²) in [4.78, 5) is 4.43. The van der Waals surface area contributed by atoms with Crippen molar-refractivity contribution >= 4 is 10.9 Å². The molecule has 1 aromatic heterocycles. The summed E-state index contributed by atoms with van der Waals surface area (Å²) >= 11 is 0. The molecule has 0 saturated heterocycles. The molecule has 2 heteroatoms. The number of rotatable bonds is 2. The lowest BCUT2D eigenvalue weighted by Gasteiger charge is -2.10. The summed E-state index contributed by atoms with van der Waals surface area (Å²) in [5.74, 6) is 0.589. The van der Waals surface area contributed by atoms with Crippen molar-refractivity contribution in [1.29, 1.82) is 0 Å². The van der Waals surface area contributed by atoms with Gasteiger partial charge in [0.15, 0.2) is 0 Å². The Morgan fingerprint density at radius 1 is 1.25 bits per heavy atom. The molecule has 1 heterocycles. The van der Waals surface area contributed by atoms with Gasteiger partial charge in [-0.2, -0.15) is 0 Å². The van der Waals surface area contributed by atoms with Crippen molar-refractivity contribution in [3.8, 4) is 0 Å². The van der Waals surface area contributed by atoms with E-state index in [9.17, 15) is 0 Å². The third-order valence-electron chi connectivity index (χ3n) is 1.90. The maximum absolute atomic E-state index is 4.43. The Balaban J connectivity index is 2.86. The highest BCUT2D eigenvalue weighted by Gasteiger charge is 2.00. The number of hydrogen-bond donors (Lipinski definition) is 1. The molecule has 0 unspecified atom stereocenters. The van der Waals surface area contributed by atoms with Crippen LogP contribution in [0.1, 0.15) is 25.3 Å². The quantitative estimate of drug-likeness (QED) is 0.696. The minimum Gasteiger partial charge on any atom is -0.251 e. The van der Waals surface area contributed by atoms with Gasteiger partial charge in [-0.05, 0) is 30.1 Å². The van der Waals surface area contributed by atoms with Crippen LogP contribution >= 0.6 is 10.9 Å². The van der Waals surface area contributed by atoms with Gasteiger partial charge in [0.05, 0.1) is 5.03 Å². The number of thiol groups is 1. The average molecular weight is 183 g/mol. The van der Waals surface area contributed by atoms with Gasteiger partial charge in [0.1, 0.15) is 0 Å². The van der Waals surface area contributed by atoms with Crippen LogP contribution in [0.15, 0.2) is 23.4 Å². The van der Waals surface area contributed by atoms with E-state index in [-0.39, 0.29) is 10.9 Å². The van der Waals surface area contributed by atoms with E-state index in [0.29, 0.717) is 5.92 Å². The molecule has 68 valence electrons. The van der Waals surface area contributed by atoms with Gasteiger partial charge in [0, 0.05) is 6.20 Å². The van der Waals surface area contributed by atoms with Crippen molar-refractivity contribution in [1.82, 2.24) is 4.98 Å². The standard InChI is InChI=1S/C10H17NS/c1-8(2)9-5-6-10(11-7-9)12(3)4/h5-8,12H,1-4H3. The smallest absolute Gasteiger partial charge is 0.0759 e. The minimum atomic E-state index is -0.0383. The molecule has 0 spiro atoms. The van der Waals surface area contributed by atoms with Crippen LogP contribution in [0.5, 0.6) is 0 Å². The predicted molar refractivity (Wildman–Crippen MR) is 57.4 cm³/mol. The Bertz CT molecular complexity index is 212. The van der Waals surface area contributed by atoms with Crippen molar-refractivity contribution in [3.05, 3.63) is 23.9 Å². The molecule has 0 aliphatic carbocycles. The molecule has 0 aliphatic rings. The molecule has 1 aromatic rings. The highest BCUT2D eigenvalue weighted by Crippen LogP contribution is 2.26. The first-order chi connectivity index (χ1) is 5.61. The number of aromatic nitrogens is 1. The van der Waals surface area contributed by atoms with Gasteiger partial charge in [-0.25, -0.2) is 10.9 Å². The van der Waals surface area contributed by atoms with E-state index in [1.807, 2.05) is 6.20 Å². The zero-order valence-corrected chi connectivity index (χ0v) is 9.10. The molecule has 0 amide bonds. The van der Waals surface area contributed by atoms with Crippen molar-refractivity contribution in [2.24, 2.45) is 0 Å². The van der Waals surface area contributed by atoms with Crippen molar-refractivity contribution in [3.63, 3.8) is 0 Å². The summed E-state index contributed by atoms with van der Waals surface area (Å²) in [5, 5.41) is 1.24. The van der Waals surface area contributed by atoms with Crippen molar-refractivity contribution in [2.45, 2.75) is 24.8 Å². The van der Waals surface area contributed by atoms with Crippen LogP contribution in [0.25, 0.3) is 0 Å². The zero-order valence-electron chi connectivity index (χ0n) is 8.20. The molecule has 0 bridgehead atoms. The first-order valence-electron chi connectivity index (χ1n) is 4.24. The third kappa shape index (κ3) is 2.24. The summed E-state index contributed by atoms with van der Waals surface area (Å²) < 4.78 is 0. The van der Waals surface area contributed by atoms with Crippen LogP contribution in [0.4, 0.5) is 0 Å². The Morgan fingerprint density at radius 2 is 1.92 bits per heavy atom. The largest absolute Gasteiger partial charge is 0.251 e. The Kier molecular flexibility index (Phi) is 3.15. The lowest BCUT2D eigenvalue weighted by Crippen LogP contribution is -1.90. The molecule has 0 atom stereocenters. The fourth-order valence-electron chi connectivity index (χ4n) is 1.00. The molecule has 0 aromatic carbocycles. The first kappa shape index (κ1) is 9.59. The summed E-state index contributed by atoms with van der Waals surface area (Å²) in [6.07, 6.45) is 6.46. The van der Waals surface area contributed by atoms with Crippen LogP contribution in [-0.2, 0) is 0 Å². The zero-order chi connectivity index (χ0) is 9.14.